The van der Waals surface area contributed by atoms with Crippen LogP contribution in [-0.4, -0.2) is 39.9 Å². The van der Waals surface area contributed by atoms with Crippen LogP contribution in [0, 0.1) is 11.7 Å². The van der Waals surface area contributed by atoms with E-state index in [0.29, 0.717) is 5.92 Å². The molecular formula is C21H28FN7. The number of benzene rings is 1. The van der Waals surface area contributed by atoms with Crippen LogP contribution in [-0.2, 0) is 0 Å². The number of nitrogens with zero attached hydrogens (tertiary/aromatic N) is 4. The SMILES string of the molecule is CC(c1ccc(F)cc1)N1C2=NCCCC2C(N)N(c2cc(C3CC3)[nH]n2)C1N. The number of fused-ring (bicyclic) bond motifs is 1. The highest BCUT2D eigenvalue weighted by Crippen LogP contribution is 2.41. The topological polar surface area (TPSA) is 99.6 Å². The molecule has 4 unspecified atom stereocenters. The lowest BCUT2D eigenvalue weighted by atomic mass is 9.90. The first kappa shape index (κ1) is 18.6. The van der Waals surface area contributed by atoms with Crippen molar-refractivity contribution in [2.24, 2.45) is 22.4 Å². The minimum absolute atomic E-state index is 0.0678. The largest absolute Gasteiger partial charge is 0.320 e. The van der Waals surface area contributed by atoms with Gasteiger partial charge in [-0.3, -0.25) is 15.8 Å². The van der Waals surface area contributed by atoms with Gasteiger partial charge in [0.2, 0.25) is 0 Å². The lowest BCUT2D eigenvalue weighted by Crippen LogP contribution is -2.71. The molecule has 7 nitrogen and oxygen atoms in total. The van der Waals surface area contributed by atoms with Gasteiger partial charge >= 0.3 is 0 Å². The average molecular weight is 398 g/mol. The second-order valence-electron chi connectivity index (χ2n) is 8.39. The van der Waals surface area contributed by atoms with Gasteiger partial charge in [0.05, 0.1) is 18.1 Å². The van der Waals surface area contributed by atoms with E-state index in [4.69, 9.17) is 16.5 Å². The van der Waals surface area contributed by atoms with Gasteiger partial charge in [-0.15, -0.1) is 0 Å². The van der Waals surface area contributed by atoms with E-state index in [2.05, 4.69) is 28.1 Å². The number of amidine groups is 1. The lowest BCUT2D eigenvalue weighted by molar-refractivity contribution is 0.172. The Balaban J connectivity index is 1.52. The minimum Gasteiger partial charge on any atom is -0.320 e. The van der Waals surface area contributed by atoms with Gasteiger partial charge in [-0.1, -0.05) is 12.1 Å². The van der Waals surface area contributed by atoms with Gasteiger partial charge in [-0.05, 0) is 50.3 Å². The Hall–Kier alpha value is -2.45. The molecule has 29 heavy (non-hydrogen) atoms. The van der Waals surface area contributed by atoms with Crippen LogP contribution in [0.1, 0.15) is 55.8 Å². The Kier molecular flexibility index (Phi) is 4.55. The zero-order valence-corrected chi connectivity index (χ0v) is 16.6. The van der Waals surface area contributed by atoms with Gasteiger partial charge in [0.15, 0.2) is 12.1 Å². The Morgan fingerprint density at radius 3 is 2.66 bits per heavy atom. The third-order valence-corrected chi connectivity index (χ3v) is 6.48. The molecule has 5 rings (SSSR count). The molecule has 0 amide bonds. The van der Waals surface area contributed by atoms with Crippen molar-refractivity contribution in [1.29, 1.82) is 0 Å². The normalized spacial score (nSPS) is 28.1. The Labute approximate surface area is 170 Å². The van der Waals surface area contributed by atoms with Crippen molar-refractivity contribution < 1.29 is 4.39 Å². The van der Waals surface area contributed by atoms with Gasteiger partial charge in [0.1, 0.15) is 11.7 Å². The van der Waals surface area contributed by atoms with E-state index < -0.39 is 6.29 Å². The molecule has 1 saturated heterocycles. The monoisotopic (exact) mass is 397 g/mol. The van der Waals surface area contributed by atoms with Crippen LogP contribution in [0.5, 0.6) is 0 Å². The van der Waals surface area contributed by atoms with Crippen LogP contribution in [0.25, 0.3) is 0 Å². The summed E-state index contributed by atoms with van der Waals surface area (Å²) >= 11 is 0. The zero-order valence-electron chi connectivity index (χ0n) is 16.6. The third kappa shape index (κ3) is 3.20. The first-order valence-electron chi connectivity index (χ1n) is 10.5. The molecule has 5 N–H and O–H groups in total. The summed E-state index contributed by atoms with van der Waals surface area (Å²) in [5.74, 6) is 2.17. The summed E-state index contributed by atoms with van der Waals surface area (Å²) in [5.41, 5.74) is 15.6. The quantitative estimate of drug-likeness (QED) is 0.737. The van der Waals surface area contributed by atoms with E-state index >= 15 is 0 Å². The van der Waals surface area contributed by atoms with Crippen LogP contribution in [0.3, 0.4) is 0 Å². The Morgan fingerprint density at radius 2 is 1.93 bits per heavy atom. The number of nitrogens with one attached hydrogen (secondary N) is 1. The summed E-state index contributed by atoms with van der Waals surface area (Å²) in [5, 5.41) is 7.71. The zero-order chi connectivity index (χ0) is 20.1. The Bertz CT molecular complexity index is 904. The van der Waals surface area contributed by atoms with Crippen molar-refractivity contribution in [1.82, 2.24) is 15.1 Å². The van der Waals surface area contributed by atoms with E-state index in [1.165, 1.54) is 25.0 Å². The summed E-state index contributed by atoms with van der Waals surface area (Å²) in [7, 11) is 0. The van der Waals surface area contributed by atoms with Gasteiger partial charge in [-0.25, -0.2) is 4.39 Å². The molecule has 0 radical (unpaired) electrons. The maximum atomic E-state index is 13.4. The number of hydrogen-bond acceptors (Lipinski definition) is 6. The molecule has 1 aliphatic carbocycles. The highest BCUT2D eigenvalue weighted by molar-refractivity contribution is 5.88. The standard InChI is InChI=1S/C21H28FN7/c1-12(13-6-8-15(22)9-7-13)28-20-16(3-2-10-25-20)19(23)29(21(28)24)18-11-17(26-27-18)14-4-5-14/h6-9,11-12,14,16,19,21H,2-5,10,23-24H2,1H3,(H,26,27). The fourth-order valence-electron chi connectivity index (χ4n) is 4.67. The first-order valence-corrected chi connectivity index (χ1v) is 10.5. The van der Waals surface area contributed by atoms with Crippen molar-refractivity contribution in [2.45, 2.75) is 57.0 Å². The minimum atomic E-state index is -0.506. The molecular weight excluding hydrogens is 369 g/mol. The van der Waals surface area contributed by atoms with E-state index in [0.717, 1.165) is 42.3 Å². The van der Waals surface area contributed by atoms with Crippen molar-refractivity contribution in [3.05, 3.63) is 47.4 Å². The summed E-state index contributed by atoms with van der Waals surface area (Å²) < 4.78 is 13.4. The van der Waals surface area contributed by atoms with Crippen LogP contribution < -0.4 is 16.4 Å². The lowest BCUT2D eigenvalue weighted by Gasteiger charge is -2.53. The fraction of sp³-hybridized carbons (Fsp3) is 0.524. The fourth-order valence-corrected chi connectivity index (χ4v) is 4.67. The van der Waals surface area contributed by atoms with Crippen LogP contribution in [0.15, 0.2) is 35.3 Å². The molecule has 1 saturated carbocycles. The predicted octanol–water partition coefficient (Wildman–Crippen LogP) is 2.64. The number of rotatable bonds is 4. The summed E-state index contributed by atoms with van der Waals surface area (Å²) in [6.45, 7) is 2.86. The van der Waals surface area contributed by atoms with Crippen molar-refractivity contribution in [3.63, 3.8) is 0 Å². The molecule has 3 aliphatic rings. The maximum Gasteiger partial charge on any atom is 0.159 e. The number of aromatic nitrogens is 2. The molecule has 154 valence electrons. The van der Waals surface area contributed by atoms with Gasteiger partial charge in [0.25, 0.3) is 0 Å². The van der Waals surface area contributed by atoms with Crippen LogP contribution in [0.4, 0.5) is 10.2 Å². The average Bonchev–Trinajstić information content (AvgIpc) is 3.47. The molecule has 2 aliphatic heterocycles. The van der Waals surface area contributed by atoms with E-state index in [1.807, 2.05) is 17.0 Å². The molecule has 3 heterocycles. The molecule has 4 atom stereocenters. The number of H-pyrrole nitrogens is 1. The van der Waals surface area contributed by atoms with Crippen molar-refractivity contribution in [3.8, 4) is 0 Å². The van der Waals surface area contributed by atoms with Gasteiger partial charge in [0, 0.05) is 24.2 Å². The third-order valence-electron chi connectivity index (χ3n) is 6.48. The smallest absolute Gasteiger partial charge is 0.159 e. The predicted molar refractivity (Wildman–Crippen MR) is 111 cm³/mol. The highest BCUT2D eigenvalue weighted by atomic mass is 19.1. The first-order chi connectivity index (χ1) is 14.0. The second-order valence-corrected chi connectivity index (χ2v) is 8.39. The summed E-state index contributed by atoms with van der Waals surface area (Å²) in [4.78, 5) is 8.97. The Morgan fingerprint density at radius 1 is 1.17 bits per heavy atom. The van der Waals surface area contributed by atoms with Crippen molar-refractivity contribution in [2.75, 3.05) is 11.4 Å². The molecule has 1 aromatic carbocycles. The molecule has 1 aromatic heterocycles. The van der Waals surface area contributed by atoms with Crippen LogP contribution >= 0.6 is 0 Å². The van der Waals surface area contributed by atoms with Gasteiger partial charge in [-0.2, -0.15) is 5.10 Å². The van der Waals surface area contributed by atoms with Crippen molar-refractivity contribution >= 4 is 11.7 Å². The second kappa shape index (κ2) is 7.11. The molecule has 8 heteroatoms. The number of halogens is 1. The molecule has 0 bridgehead atoms. The number of hydrogen-bond donors (Lipinski definition) is 3. The van der Waals surface area contributed by atoms with E-state index in [9.17, 15) is 4.39 Å². The number of aromatic amines is 1. The van der Waals surface area contributed by atoms with E-state index in [-0.39, 0.29) is 23.9 Å². The van der Waals surface area contributed by atoms with Gasteiger partial charge < -0.3 is 15.5 Å². The van der Waals surface area contributed by atoms with Crippen LogP contribution in [0.2, 0.25) is 0 Å². The summed E-state index contributed by atoms with van der Waals surface area (Å²) in [6.07, 6.45) is 3.59. The number of aliphatic imine (C=N–C) groups is 1. The number of nitrogens with two attached hydrogens (primary N) is 2. The molecule has 0 spiro atoms. The van der Waals surface area contributed by atoms with E-state index in [1.54, 1.807) is 0 Å². The molecule has 2 aromatic rings. The maximum absolute atomic E-state index is 13.4. The molecule has 2 fully saturated rings. The number of anilines is 1. The highest BCUT2D eigenvalue weighted by Gasteiger charge is 2.46. The summed E-state index contributed by atoms with van der Waals surface area (Å²) in [6, 6.07) is 8.61.